The van der Waals surface area contributed by atoms with Gasteiger partial charge in [0, 0.05) is 18.2 Å². The zero-order chi connectivity index (χ0) is 18.0. The van der Waals surface area contributed by atoms with Crippen molar-refractivity contribution < 1.29 is 4.79 Å². The van der Waals surface area contributed by atoms with Crippen LogP contribution in [0.4, 0.5) is 0 Å². The van der Waals surface area contributed by atoms with Crippen molar-refractivity contribution in [1.29, 1.82) is 5.26 Å². The summed E-state index contributed by atoms with van der Waals surface area (Å²) in [5.41, 5.74) is 2.51. The van der Waals surface area contributed by atoms with Crippen molar-refractivity contribution in [3.8, 4) is 6.07 Å². The van der Waals surface area contributed by atoms with E-state index in [-0.39, 0.29) is 11.9 Å². The van der Waals surface area contributed by atoms with Gasteiger partial charge in [-0.1, -0.05) is 18.9 Å². The number of aromatic nitrogens is 2. The summed E-state index contributed by atoms with van der Waals surface area (Å²) in [6.45, 7) is 5.67. The van der Waals surface area contributed by atoms with E-state index in [1.165, 1.54) is 0 Å². The molecule has 5 heteroatoms. The van der Waals surface area contributed by atoms with E-state index in [0.29, 0.717) is 17.2 Å². The third-order valence-electron chi connectivity index (χ3n) is 5.65. The molecule has 0 saturated heterocycles. The monoisotopic (exact) mass is 338 g/mol. The quantitative estimate of drug-likeness (QED) is 0.831. The SMILES string of the molecule is C/C=C(/C(=O)N[C@@H](C)C1(C#N)CCCC1)c1nc(C2CC2)cnc1C. The number of nitrogens with one attached hydrogen (secondary N) is 1. The molecule has 2 aliphatic rings. The minimum absolute atomic E-state index is 0.165. The molecule has 0 radical (unpaired) electrons. The lowest BCUT2D eigenvalue weighted by Gasteiger charge is -2.29. The largest absolute Gasteiger partial charge is 0.348 e. The summed E-state index contributed by atoms with van der Waals surface area (Å²) < 4.78 is 0. The Hall–Kier alpha value is -2.22. The first-order valence-corrected chi connectivity index (χ1v) is 9.23. The third kappa shape index (κ3) is 3.44. The highest BCUT2D eigenvalue weighted by Gasteiger charge is 2.40. The maximum absolute atomic E-state index is 12.9. The third-order valence-corrected chi connectivity index (χ3v) is 5.65. The molecular formula is C20H26N4O. The molecule has 1 N–H and O–H groups in total. The van der Waals surface area contributed by atoms with Crippen molar-refractivity contribution in [3.05, 3.63) is 29.4 Å². The standard InChI is InChI=1S/C20H26N4O/c1-4-16(18-13(2)22-11-17(24-18)15-7-8-15)19(25)23-14(3)20(12-21)9-5-6-10-20/h4,11,14-15H,5-10H2,1-3H3,(H,23,25)/b16-4+/t14-/m0/s1. The summed E-state index contributed by atoms with van der Waals surface area (Å²) in [5.74, 6) is 0.328. The lowest BCUT2D eigenvalue weighted by molar-refractivity contribution is -0.116. The molecule has 0 spiro atoms. The average Bonchev–Trinajstić information content (AvgIpc) is 3.33. The zero-order valence-electron chi connectivity index (χ0n) is 15.3. The van der Waals surface area contributed by atoms with Crippen LogP contribution < -0.4 is 5.32 Å². The molecule has 0 unspecified atom stereocenters. The van der Waals surface area contributed by atoms with E-state index in [1.807, 2.05) is 27.0 Å². The number of hydrogen-bond donors (Lipinski definition) is 1. The predicted octanol–water partition coefficient (Wildman–Crippen LogP) is 3.65. The van der Waals surface area contributed by atoms with Gasteiger partial charge >= 0.3 is 0 Å². The van der Waals surface area contributed by atoms with Crippen LogP contribution in [-0.4, -0.2) is 21.9 Å². The van der Waals surface area contributed by atoms with Crippen LogP contribution in [0.1, 0.15) is 75.4 Å². The van der Waals surface area contributed by atoms with Crippen molar-refractivity contribution in [2.24, 2.45) is 5.41 Å². The van der Waals surface area contributed by atoms with Gasteiger partial charge in [-0.2, -0.15) is 5.26 Å². The lowest BCUT2D eigenvalue weighted by Crippen LogP contribution is -2.44. The Labute approximate surface area is 149 Å². The summed E-state index contributed by atoms with van der Waals surface area (Å²) in [7, 11) is 0. The van der Waals surface area contributed by atoms with Crippen molar-refractivity contribution in [2.45, 2.75) is 71.3 Å². The fourth-order valence-corrected chi connectivity index (χ4v) is 3.73. The molecule has 1 aromatic rings. The molecule has 0 bridgehead atoms. The molecule has 1 aromatic heterocycles. The molecule has 2 aliphatic carbocycles. The van der Waals surface area contributed by atoms with Crippen molar-refractivity contribution in [1.82, 2.24) is 15.3 Å². The average molecular weight is 338 g/mol. The summed E-state index contributed by atoms with van der Waals surface area (Å²) >= 11 is 0. The second-order valence-electron chi connectivity index (χ2n) is 7.38. The predicted molar refractivity (Wildman–Crippen MR) is 96.5 cm³/mol. The topological polar surface area (TPSA) is 78.7 Å². The van der Waals surface area contributed by atoms with E-state index in [4.69, 9.17) is 4.98 Å². The molecule has 2 saturated carbocycles. The van der Waals surface area contributed by atoms with Crippen LogP contribution in [0.25, 0.3) is 5.57 Å². The molecule has 132 valence electrons. The molecule has 5 nitrogen and oxygen atoms in total. The van der Waals surface area contributed by atoms with E-state index in [2.05, 4.69) is 16.4 Å². The molecule has 0 aliphatic heterocycles. The number of carbonyl (C=O) groups excluding carboxylic acids is 1. The molecule has 2 fully saturated rings. The van der Waals surface area contributed by atoms with Gasteiger partial charge in [0.15, 0.2) is 0 Å². The molecular weight excluding hydrogens is 312 g/mol. The van der Waals surface area contributed by atoms with Gasteiger partial charge in [0.05, 0.1) is 34.1 Å². The van der Waals surface area contributed by atoms with Gasteiger partial charge in [-0.3, -0.25) is 9.78 Å². The fraction of sp³-hybridized carbons (Fsp3) is 0.600. The number of allylic oxidation sites excluding steroid dienone is 1. The molecule has 1 amide bonds. The number of nitrogens with zero attached hydrogens (tertiary/aromatic N) is 3. The Balaban J connectivity index is 1.80. The smallest absolute Gasteiger partial charge is 0.253 e. The summed E-state index contributed by atoms with van der Waals surface area (Å²) in [6.07, 6.45) is 9.73. The minimum atomic E-state index is -0.439. The Kier molecular flexibility index (Phi) is 4.89. The Bertz CT molecular complexity index is 737. The van der Waals surface area contributed by atoms with Gasteiger partial charge in [0.1, 0.15) is 0 Å². The zero-order valence-corrected chi connectivity index (χ0v) is 15.3. The second kappa shape index (κ2) is 6.95. The van der Waals surface area contributed by atoms with Crippen LogP contribution in [0, 0.1) is 23.7 Å². The summed E-state index contributed by atoms with van der Waals surface area (Å²) in [6, 6.07) is 2.28. The molecule has 0 aromatic carbocycles. The van der Waals surface area contributed by atoms with Crippen LogP contribution in [0.5, 0.6) is 0 Å². The van der Waals surface area contributed by atoms with Crippen molar-refractivity contribution in [3.63, 3.8) is 0 Å². The number of nitriles is 1. The number of rotatable bonds is 5. The highest BCUT2D eigenvalue weighted by Crippen LogP contribution is 2.41. The van der Waals surface area contributed by atoms with E-state index < -0.39 is 5.41 Å². The van der Waals surface area contributed by atoms with E-state index in [9.17, 15) is 10.1 Å². The van der Waals surface area contributed by atoms with Crippen molar-refractivity contribution in [2.75, 3.05) is 0 Å². The molecule has 3 rings (SSSR count). The van der Waals surface area contributed by atoms with Crippen LogP contribution in [0.15, 0.2) is 12.3 Å². The van der Waals surface area contributed by atoms with Gasteiger partial charge in [-0.25, -0.2) is 4.98 Å². The first-order valence-electron chi connectivity index (χ1n) is 9.23. The van der Waals surface area contributed by atoms with Gasteiger partial charge in [0.2, 0.25) is 0 Å². The number of hydrogen-bond acceptors (Lipinski definition) is 4. The van der Waals surface area contributed by atoms with Crippen LogP contribution in [-0.2, 0) is 4.79 Å². The molecule has 25 heavy (non-hydrogen) atoms. The lowest BCUT2D eigenvalue weighted by atomic mass is 9.81. The number of aryl methyl sites for hydroxylation is 1. The normalized spacial score (nSPS) is 20.8. The Morgan fingerprint density at radius 2 is 2.12 bits per heavy atom. The van der Waals surface area contributed by atoms with E-state index in [0.717, 1.165) is 49.9 Å². The first kappa shape index (κ1) is 17.6. The Morgan fingerprint density at radius 1 is 1.44 bits per heavy atom. The van der Waals surface area contributed by atoms with E-state index in [1.54, 1.807) is 6.08 Å². The van der Waals surface area contributed by atoms with Gasteiger partial charge in [-0.05, 0) is 46.5 Å². The van der Waals surface area contributed by atoms with Gasteiger partial charge in [0.25, 0.3) is 5.91 Å². The summed E-state index contributed by atoms with van der Waals surface area (Å²) in [4.78, 5) is 22.0. The van der Waals surface area contributed by atoms with Crippen molar-refractivity contribution >= 4 is 11.5 Å². The van der Waals surface area contributed by atoms with E-state index >= 15 is 0 Å². The van der Waals surface area contributed by atoms with Gasteiger partial charge in [-0.15, -0.1) is 0 Å². The fourth-order valence-electron chi connectivity index (χ4n) is 3.73. The first-order chi connectivity index (χ1) is 12.0. The highest BCUT2D eigenvalue weighted by atomic mass is 16.1. The van der Waals surface area contributed by atoms with Crippen LogP contribution >= 0.6 is 0 Å². The number of carbonyl (C=O) groups is 1. The van der Waals surface area contributed by atoms with Crippen LogP contribution in [0.3, 0.4) is 0 Å². The molecule has 1 atom stereocenters. The number of amides is 1. The molecule has 1 heterocycles. The van der Waals surface area contributed by atoms with Crippen LogP contribution in [0.2, 0.25) is 0 Å². The van der Waals surface area contributed by atoms with Gasteiger partial charge < -0.3 is 5.32 Å². The summed E-state index contributed by atoms with van der Waals surface area (Å²) in [5, 5.41) is 12.7. The second-order valence-corrected chi connectivity index (χ2v) is 7.38. The maximum atomic E-state index is 12.9. The maximum Gasteiger partial charge on any atom is 0.253 e. The Morgan fingerprint density at radius 3 is 2.68 bits per heavy atom. The minimum Gasteiger partial charge on any atom is -0.348 e. The highest BCUT2D eigenvalue weighted by molar-refractivity contribution is 6.19.